The second kappa shape index (κ2) is 16.2. The fourth-order valence-corrected chi connectivity index (χ4v) is 5.08. The van der Waals surface area contributed by atoms with Crippen LogP contribution in [0.25, 0.3) is 0 Å². The Morgan fingerprint density at radius 3 is 1.89 bits per heavy atom. The number of rotatable bonds is 8. The Hall–Kier alpha value is -1.76. The van der Waals surface area contributed by atoms with Gasteiger partial charge in [0.25, 0.3) is 0 Å². The predicted octanol–water partition coefficient (Wildman–Crippen LogP) is 4.88. The molecule has 6 nitrogen and oxygen atoms in total. The smallest absolute Gasteiger partial charge is 0.210 e. The summed E-state index contributed by atoms with van der Waals surface area (Å²) in [5.41, 5.74) is 0.732. The van der Waals surface area contributed by atoms with Crippen LogP contribution in [0.3, 0.4) is 0 Å². The van der Waals surface area contributed by atoms with Gasteiger partial charge >= 0.3 is 0 Å². The highest BCUT2D eigenvalue weighted by atomic mass is 16.5. The van der Waals surface area contributed by atoms with Crippen LogP contribution in [0.5, 0.6) is 0 Å². The largest absolute Gasteiger partial charge is 0.380 e. The van der Waals surface area contributed by atoms with Crippen LogP contribution in [0, 0.1) is 5.41 Å². The van der Waals surface area contributed by atoms with Crippen LogP contribution in [-0.2, 0) is 14.3 Å². The van der Waals surface area contributed by atoms with Crippen LogP contribution in [-0.4, -0.2) is 92.5 Å². The second-order valence-corrected chi connectivity index (χ2v) is 11.5. The normalized spacial score (nSPS) is 21.6. The highest BCUT2D eigenvalue weighted by Crippen LogP contribution is 2.48. The van der Waals surface area contributed by atoms with E-state index >= 15 is 0 Å². The summed E-state index contributed by atoms with van der Waals surface area (Å²) in [6.07, 6.45) is 12.6. The Labute approximate surface area is 220 Å². The van der Waals surface area contributed by atoms with Gasteiger partial charge < -0.3 is 24.2 Å². The molecule has 3 saturated heterocycles. The first-order valence-corrected chi connectivity index (χ1v) is 14.0. The number of nitrogens with zero attached hydrogens (tertiary/aromatic N) is 3. The molecule has 1 spiro atoms. The number of carbonyl (C=O) groups excluding carboxylic acids is 2. The molecule has 4 aliphatic rings. The summed E-state index contributed by atoms with van der Waals surface area (Å²) in [6.45, 7) is 11.0. The maximum absolute atomic E-state index is 10.4. The standard InChI is InChI=1S/C12H23NO2.C7H11NO.C6H6.C5H11N/c1-11(6-4-5-7-14)13(3)8-12(2)9-15-10-12;9-6-8-5-1-2-7(8)3-4-7;1-2-4-6-5-3-1;1-6-4-2-3-5-6/h7,11H,4-6,8-10H2,1-3H3;6H,1-5H2;1-6H;2-5H2,1H3. The molecule has 4 fully saturated rings. The number of hydrogen-bond donors (Lipinski definition) is 0. The van der Waals surface area contributed by atoms with Gasteiger partial charge in [0, 0.05) is 36.5 Å². The monoisotopic (exact) mass is 501 g/mol. The lowest BCUT2D eigenvalue weighted by Crippen LogP contribution is -2.49. The number of benzene rings is 1. The van der Waals surface area contributed by atoms with Crippen molar-refractivity contribution < 1.29 is 14.3 Å². The maximum atomic E-state index is 10.4. The molecule has 3 aliphatic heterocycles. The lowest BCUT2D eigenvalue weighted by molar-refractivity contribution is -0.119. The molecule has 0 radical (unpaired) electrons. The third-order valence-electron chi connectivity index (χ3n) is 7.83. The summed E-state index contributed by atoms with van der Waals surface area (Å²) in [4.78, 5) is 27.3. The minimum absolute atomic E-state index is 0.355. The minimum atomic E-state index is 0.355. The zero-order valence-electron chi connectivity index (χ0n) is 23.4. The average Bonchev–Trinajstić information content (AvgIpc) is 3.28. The van der Waals surface area contributed by atoms with E-state index < -0.39 is 0 Å². The molecular formula is C30H51N3O3. The van der Waals surface area contributed by atoms with Gasteiger partial charge in [0.15, 0.2) is 0 Å². The van der Waals surface area contributed by atoms with E-state index in [0.717, 1.165) is 51.8 Å². The third kappa shape index (κ3) is 11.1. The molecule has 1 unspecified atom stereocenters. The minimum Gasteiger partial charge on any atom is -0.380 e. The van der Waals surface area contributed by atoms with Crippen LogP contribution in [0.15, 0.2) is 36.4 Å². The molecule has 36 heavy (non-hydrogen) atoms. The fourth-order valence-electron chi connectivity index (χ4n) is 5.08. The van der Waals surface area contributed by atoms with Gasteiger partial charge in [0.2, 0.25) is 6.41 Å². The molecule has 1 atom stereocenters. The van der Waals surface area contributed by atoms with E-state index in [1.165, 1.54) is 51.6 Å². The number of ether oxygens (including phenoxy) is 1. The first-order valence-electron chi connectivity index (χ1n) is 14.0. The SMILES string of the molecule is CC(CCCC=O)N(C)CC1(C)COC1.CN1CCCC1.O=CN1CCCC12CC2.c1ccccc1. The molecule has 1 saturated carbocycles. The lowest BCUT2D eigenvalue weighted by atomic mass is 9.87. The van der Waals surface area contributed by atoms with E-state index in [4.69, 9.17) is 4.74 Å². The Morgan fingerprint density at radius 1 is 0.944 bits per heavy atom. The summed E-state index contributed by atoms with van der Waals surface area (Å²) in [7, 11) is 4.34. The second-order valence-electron chi connectivity index (χ2n) is 11.5. The van der Waals surface area contributed by atoms with Crippen molar-refractivity contribution >= 4 is 12.7 Å². The number of hydrogen-bond acceptors (Lipinski definition) is 5. The highest BCUT2D eigenvalue weighted by molar-refractivity contribution is 5.51. The van der Waals surface area contributed by atoms with Gasteiger partial charge in [-0.2, -0.15) is 0 Å². The van der Waals surface area contributed by atoms with Crippen LogP contribution in [0.1, 0.15) is 71.6 Å². The van der Waals surface area contributed by atoms with E-state index in [-0.39, 0.29) is 0 Å². The van der Waals surface area contributed by atoms with Crippen LogP contribution in [0.4, 0.5) is 0 Å². The Morgan fingerprint density at radius 2 is 1.53 bits per heavy atom. The van der Waals surface area contributed by atoms with Gasteiger partial charge in [-0.05, 0) is 85.5 Å². The van der Waals surface area contributed by atoms with Gasteiger partial charge in [-0.3, -0.25) is 4.79 Å². The van der Waals surface area contributed by atoms with Gasteiger partial charge in [0.1, 0.15) is 6.29 Å². The fraction of sp³-hybridized carbons (Fsp3) is 0.733. The van der Waals surface area contributed by atoms with E-state index in [2.05, 4.69) is 37.7 Å². The molecule has 1 amide bonds. The molecule has 1 aromatic carbocycles. The number of likely N-dealkylation sites (tertiary alicyclic amines) is 2. The highest BCUT2D eigenvalue weighted by Gasteiger charge is 2.50. The van der Waals surface area contributed by atoms with Crippen molar-refractivity contribution in [3.05, 3.63) is 36.4 Å². The summed E-state index contributed by atoms with van der Waals surface area (Å²) in [5, 5.41) is 0. The van der Waals surface area contributed by atoms with Crippen molar-refractivity contribution in [3.8, 4) is 0 Å². The molecule has 5 rings (SSSR count). The topological polar surface area (TPSA) is 53.1 Å². The van der Waals surface area contributed by atoms with Gasteiger partial charge in [0.05, 0.1) is 13.2 Å². The number of carbonyl (C=O) groups is 2. The number of unbranched alkanes of at least 4 members (excludes halogenated alkanes) is 1. The number of aldehydes is 1. The van der Waals surface area contributed by atoms with Crippen LogP contribution >= 0.6 is 0 Å². The van der Waals surface area contributed by atoms with E-state index in [9.17, 15) is 9.59 Å². The molecule has 0 aromatic heterocycles. The molecule has 3 heterocycles. The molecule has 204 valence electrons. The van der Waals surface area contributed by atoms with Crippen molar-refractivity contribution in [1.82, 2.24) is 14.7 Å². The maximum Gasteiger partial charge on any atom is 0.210 e. The first-order chi connectivity index (χ1) is 17.3. The van der Waals surface area contributed by atoms with Crippen molar-refractivity contribution in [2.45, 2.75) is 83.2 Å². The van der Waals surface area contributed by atoms with Crippen molar-refractivity contribution in [3.63, 3.8) is 0 Å². The quantitative estimate of drug-likeness (QED) is 0.375. The Kier molecular flexibility index (Phi) is 13.7. The first kappa shape index (κ1) is 30.5. The Bertz CT molecular complexity index is 689. The Balaban J connectivity index is 0.000000183. The summed E-state index contributed by atoms with van der Waals surface area (Å²) in [6, 6.07) is 12.6. The predicted molar refractivity (Wildman–Crippen MR) is 148 cm³/mol. The van der Waals surface area contributed by atoms with Crippen LogP contribution < -0.4 is 0 Å². The van der Waals surface area contributed by atoms with Gasteiger partial charge in [-0.15, -0.1) is 0 Å². The molecule has 1 aliphatic carbocycles. The van der Waals surface area contributed by atoms with E-state index in [0.29, 0.717) is 23.4 Å². The molecule has 1 aromatic rings. The average molecular weight is 502 g/mol. The van der Waals surface area contributed by atoms with Gasteiger partial charge in [-0.1, -0.05) is 43.3 Å². The molecular weight excluding hydrogens is 450 g/mol. The zero-order chi connectivity index (χ0) is 26.3. The van der Waals surface area contributed by atoms with E-state index in [1.54, 1.807) is 0 Å². The van der Waals surface area contributed by atoms with Gasteiger partial charge in [-0.25, -0.2) is 0 Å². The van der Waals surface area contributed by atoms with Crippen molar-refractivity contribution in [2.24, 2.45) is 5.41 Å². The lowest BCUT2D eigenvalue weighted by Gasteiger charge is -2.42. The third-order valence-corrected chi connectivity index (χ3v) is 7.83. The van der Waals surface area contributed by atoms with E-state index in [1.807, 2.05) is 41.3 Å². The summed E-state index contributed by atoms with van der Waals surface area (Å²) in [5.74, 6) is 0. The van der Waals surface area contributed by atoms with Crippen molar-refractivity contribution in [2.75, 3.05) is 53.5 Å². The molecule has 0 bridgehead atoms. The summed E-state index contributed by atoms with van der Waals surface area (Å²) < 4.78 is 5.24. The summed E-state index contributed by atoms with van der Waals surface area (Å²) >= 11 is 0. The zero-order valence-corrected chi connectivity index (χ0v) is 23.4. The van der Waals surface area contributed by atoms with Crippen LogP contribution in [0.2, 0.25) is 0 Å². The molecule has 0 N–H and O–H groups in total. The van der Waals surface area contributed by atoms with Crippen molar-refractivity contribution in [1.29, 1.82) is 0 Å². The molecule has 6 heteroatoms. The number of amides is 1.